The lowest BCUT2D eigenvalue weighted by atomic mass is 10.1. The molecule has 0 spiro atoms. The Morgan fingerprint density at radius 3 is 2.45 bits per heavy atom. The first-order chi connectivity index (χ1) is 9.35. The molecule has 0 bridgehead atoms. The SMILES string of the molecule is O=C(O)C1(C(=O)O)OC=C(Cc2ccc(Br)cc2F)O1. The van der Waals surface area contributed by atoms with Gasteiger partial charge in [-0.3, -0.25) is 0 Å². The molecule has 1 aromatic carbocycles. The average Bonchev–Trinajstić information content (AvgIpc) is 2.78. The van der Waals surface area contributed by atoms with Gasteiger partial charge in [0, 0.05) is 10.9 Å². The molecule has 6 nitrogen and oxygen atoms in total. The highest BCUT2D eigenvalue weighted by atomic mass is 79.9. The summed E-state index contributed by atoms with van der Waals surface area (Å²) in [6.07, 6.45) is 0.741. The van der Waals surface area contributed by atoms with Crippen molar-refractivity contribution in [3.8, 4) is 0 Å². The van der Waals surface area contributed by atoms with E-state index in [1.165, 1.54) is 12.1 Å². The molecule has 1 aromatic rings. The van der Waals surface area contributed by atoms with Crippen molar-refractivity contribution in [3.05, 3.63) is 46.1 Å². The predicted octanol–water partition coefficient (Wildman–Crippen LogP) is 1.88. The van der Waals surface area contributed by atoms with Crippen molar-refractivity contribution in [1.29, 1.82) is 0 Å². The molecule has 0 unspecified atom stereocenters. The molecule has 106 valence electrons. The summed E-state index contributed by atoms with van der Waals surface area (Å²) < 4.78 is 23.6. The quantitative estimate of drug-likeness (QED) is 0.808. The summed E-state index contributed by atoms with van der Waals surface area (Å²) in [7, 11) is 0. The topological polar surface area (TPSA) is 93.1 Å². The maximum Gasteiger partial charge on any atom is 0.452 e. The number of carboxylic acids is 2. The fraction of sp³-hybridized carbons (Fsp3) is 0.167. The summed E-state index contributed by atoms with van der Waals surface area (Å²) in [5, 5.41) is 17.7. The van der Waals surface area contributed by atoms with Gasteiger partial charge >= 0.3 is 17.7 Å². The molecule has 0 saturated heterocycles. The molecule has 1 aliphatic heterocycles. The van der Waals surface area contributed by atoms with Gasteiger partial charge in [0.1, 0.15) is 17.8 Å². The number of ether oxygens (including phenoxy) is 2. The Bertz CT molecular complexity index is 598. The minimum atomic E-state index is -2.80. The van der Waals surface area contributed by atoms with Crippen LogP contribution in [0.5, 0.6) is 0 Å². The molecular formula is C12H8BrFO6. The first-order valence-corrected chi connectivity index (χ1v) is 6.11. The van der Waals surface area contributed by atoms with E-state index in [0.717, 1.165) is 6.26 Å². The van der Waals surface area contributed by atoms with Gasteiger partial charge in [-0.05, 0) is 17.7 Å². The van der Waals surface area contributed by atoms with Crippen LogP contribution in [0.2, 0.25) is 0 Å². The van der Waals surface area contributed by atoms with Crippen molar-refractivity contribution in [1.82, 2.24) is 0 Å². The molecule has 0 radical (unpaired) electrons. The Hall–Kier alpha value is -2.09. The van der Waals surface area contributed by atoms with Gasteiger partial charge in [0.25, 0.3) is 0 Å². The first-order valence-electron chi connectivity index (χ1n) is 5.32. The van der Waals surface area contributed by atoms with Crippen molar-refractivity contribution in [2.75, 3.05) is 0 Å². The lowest BCUT2D eigenvalue weighted by molar-refractivity contribution is -0.211. The lowest BCUT2D eigenvalue weighted by Crippen LogP contribution is -2.48. The van der Waals surface area contributed by atoms with E-state index in [-0.39, 0.29) is 17.7 Å². The van der Waals surface area contributed by atoms with E-state index in [1.807, 2.05) is 0 Å². The summed E-state index contributed by atoms with van der Waals surface area (Å²) in [6.45, 7) is 0. The molecular weight excluding hydrogens is 339 g/mol. The van der Waals surface area contributed by atoms with E-state index in [9.17, 15) is 14.0 Å². The Morgan fingerprint density at radius 2 is 1.95 bits per heavy atom. The number of halogens is 2. The van der Waals surface area contributed by atoms with Crippen molar-refractivity contribution in [2.45, 2.75) is 12.2 Å². The fourth-order valence-electron chi connectivity index (χ4n) is 1.59. The monoisotopic (exact) mass is 346 g/mol. The van der Waals surface area contributed by atoms with Crippen LogP contribution in [0.3, 0.4) is 0 Å². The zero-order valence-electron chi connectivity index (χ0n) is 9.80. The molecule has 0 fully saturated rings. The van der Waals surface area contributed by atoms with Crippen molar-refractivity contribution in [3.63, 3.8) is 0 Å². The average molecular weight is 347 g/mol. The number of aliphatic carboxylic acids is 2. The second-order valence-corrected chi connectivity index (χ2v) is 4.86. The third-order valence-electron chi connectivity index (χ3n) is 2.57. The molecule has 8 heteroatoms. The van der Waals surface area contributed by atoms with Crippen molar-refractivity contribution in [2.24, 2.45) is 0 Å². The number of carboxylic acid groups (broad SMARTS) is 2. The number of rotatable bonds is 4. The Balaban J connectivity index is 2.17. The number of benzene rings is 1. The van der Waals surface area contributed by atoms with Gasteiger partial charge in [-0.15, -0.1) is 0 Å². The van der Waals surface area contributed by atoms with Gasteiger partial charge in [0.05, 0.1) is 0 Å². The molecule has 0 atom stereocenters. The highest BCUT2D eigenvalue weighted by Crippen LogP contribution is 2.29. The van der Waals surface area contributed by atoms with Crippen LogP contribution in [0.1, 0.15) is 5.56 Å². The van der Waals surface area contributed by atoms with E-state index in [1.54, 1.807) is 6.07 Å². The standard InChI is InChI=1S/C12H8BrFO6/c13-7-2-1-6(9(14)4-7)3-8-5-19-12(20-8,10(15)16)11(17)18/h1-2,4-5H,3H2,(H,15,16)(H,17,18). The largest absolute Gasteiger partial charge is 0.475 e. The van der Waals surface area contributed by atoms with Gasteiger partial charge in [-0.25, -0.2) is 14.0 Å². The summed E-state index contributed by atoms with van der Waals surface area (Å²) >= 11 is 3.10. The summed E-state index contributed by atoms with van der Waals surface area (Å²) in [5.41, 5.74) is 0.217. The van der Waals surface area contributed by atoms with Gasteiger partial charge in [0.15, 0.2) is 0 Å². The van der Waals surface area contributed by atoms with Gasteiger partial charge in [0.2, 0.25) is 0 Å². The Morgan fingerprint density at radius 1 is 1.30 bits per heavy atom. The normalized spacial score (nSPS) is 16.0. The Kier molecular flexibility index (Phi) is 3.67. The molecule has 0 amide bonds. The lowest BCUT2D eigenvalue weighted by Gasteiger charge is -2.18. The first kappa shape index (κ1) is 14.3. The zero-order chi connectivity index (χ0) is 14.9. The number of allylic oxidation sites excluding steroid dienone is 1. The Labute approximate surface area is 120 Å². The molecule has 2 rings (SSSR count). The minimum Gasteiger partial charge on any atom is -0.475 e. The molecule has 2 N–H and O–H groups in total. The smallest absolute Gasteiger partial charge is 0.452 e. The molecule has 1 aliphatic rings. The van der Waals surface area contributed by atoms with E-state index >= 15 is 0 Å². The van der Waals surface area contributed by atoms with Gasteiger partial charge in [-0.1, -0.05) is 22.0 Å². The molecule has 0 aromatic heterocycles. The highest BCUT2D eigenvalue weighted by Gasteiger charge is 2.56. The summed E-state index contributed by atoms with van der Waals surface area (Å²) in [5.74, 6) is -7.02. The van der Waals surface area contributed by atoms with Crippen LogP contribution in [0.15, 0.2) is 34.7 Å². The maximum absolute atomic E-state index is 13.6. The zero-order valence-corrected chi connectivity index (χ0v) is 11.4. The highest BCUT2D eigenvalue weighted by molar-refractivity contribution is 9.10. The van der Waals surface area contributed by atoms with Gasteiger partial charge in [-0.2, -0.15) is 0 Å². The third-order valence-corrected chi connectivity index (χ3v) is 3.07. The van der Waals surface area contributed by atoms with E-state index in [4.69, 9.17) is 14.9 Å². The summed E-state index contributed by atoms with van der Waals surface area (Å²) in [6, 6.07) is 4.29. The van der Waals surface area contributed by atoms with Crippen LogP contribution in [0.25, 0.3) is 0 Å². The van der Waals surface area contributed by atoms with Crippen LogP contribution >= 0.6 is 15.9 Å². The second kappa shape index (κ2) is 5.12. The second-order valence-electron chi connectivity index (χ2n) is 3.94. The maximum atomic E-state index is 13.6. The number of carbonyl (C=O) groups is 2. The third kappa shape index (κ3) is 2.46. The fourth-order valence-corrected chi connectivity index (χ4v) is 1.92. The van der Waals surface area contributed by atoms with Crippen molar-refractivity contribution < 1.29 is 33.7 Å². The summed E-state index contributed by atoms with van der Waals surface area (Å²) in [4.78, 5) is 21.9. The van der Waals surface area contributed by atoms with E-state index < -0.39 is 23.5 Å². The predicted molar refractivity (Wildman–Crippen MR) is 66.1 cm³/mol. The van der Waals surface area contributed by atoms with Crippen LogP contribution in [0, 0.1) is 5.82 Å². The molecule has 20 heavy (non-hydrogen) atoms. The van der Waals surface area contributed by atoms with Crippen LogP contribution in [-0.4, -0.2) is 27.9 Å². The van der Waals surface area contributed by atoms with Gasteiger partial charge < -0.3 is 19.7 Å². The molecule has 1 heterocycles. The minimum absolute atomic E-state index is 0.0870. The number of hydrogen-bond donors (Lipinski definition) is 2. The van der Waals surface area contributed by atoms with E-state index in [0.29, 0.717) is 4.47 Å². The molecule has 0 saturated carbocycles. The van der Waals surface area contributed by atoms with Crippen LogP contribution in [-0.2, 0) is 25.5 Å². The molecule has 0 aliphatic carbocycles. The number of hydrogen-bond acceptors (Lipinski definition) is 4. The van der Waals surface area contributed by atoms with E-state index in [2.05, 4.69) is 20.7 Å². The van der Waals surface area contributed by atoms with Crippen LogP contribution < -0.4 is 0 Å². The van der Waals surface area contributed by atoms with Crippen molar-refractivity contribution >= 4 is 27.9 Å². The van der Waals surface area contributed by atoms with Crippen LogP contribution in [0.4, 0.5) is 4.39 Å².